The second-order valence-corrected chi connectivity index (χ2v) is 5.27. The van der Waals surface area contributed by atoms with Gasteiger partial charge < -0.3 is 0 Å². The monoisotopic (exact) mass is 182 g/mol. The third kappa shape index (κ3) is 4.15. The van der Waals surface area contributed by atoms with Crippen molar-refractivity contribution in [3.63, 3.8) is 0 Å². The van der Waals surface area contributed by atoms with Gasteiger partial charge >= 0.3 is 0 Å². The molecule has 1 saturated carbocycles. The van der Waals surface area contributed by atoms with E-state index in [-0.39, 0.29) is 0 Å². The van der Waals surface area contributed by atoms with E-state index in [1.54, 1.807) is 0 Å². The molecule has 0 heteroatoms. The van der Waals surface area contributed by atoms with Gasteiger partial charge in [-0.2, -0.15) is 0 Å². The molecule has 1 fully saturated rings. The summed E-state index contributed by atoms with van der Waals surface area (Å²) in [6, 6.07) is 0. The summed E-state index contributed by atoms with van der Waals surface area (Å²) < 4.78 is 0. The minimum absolute atomic E-state index is 0.982. The van der Waals surface area contributed by atoms with Gasteiger partial charge in [-0.3, -0.25) is 0 Å². The highest BCUT2D eigenvalue weighted by Gasteiger charge is 2.24. The first kappa shape index (κ1) is 11.1. The molecule has 0 saturated heterocycles. The van der Waals surface area contributed by atoms with E-state index < -0.39 is 0 Å². The Morgan fingerprint density at radius 3 is 2.46 bits per heavy atom. The van der Waals surface area contributed by atoms with Crippen LogP contribution in [0.4, 0.5) is 0 Å². The molecule has 0 aromatic rings. The average Bonchev–Trinajstić information content (AvgIpc) is 2.07. The van der Waals surface area contributed by atoms with Gasteiger partial charge in [0.1, 0.15) is 0 Å². The van der Waals surface area contributed by atoms with E-state index in [1.807, 2.05) is 0 Å². The standard InChI is InChI=1S/C13H26/c1-4-5-6-11(2)7-8-13-9-12(3)10-13/h11-13H,4-10H2,1-3H3. The molecule has 0 bridgehead atoms. The maximum absolute atomic E-state index is 2.43. The average molecular weight is 182 g/mol. The third-order valence-corrected chi connectivity index (χ3v) is 3.59. The first-order chi connectivity index (χ1) is 6.22. The molecule has 0 spiro atoms. The van der Waals surface area contributed by atoms with E-state index in [1.165, 1.54) is 44.9 Å². The first-order valence-electron chi connectivity index (χ1n) is 6.22. The molecule has 1 unspecified atom stereocenters. The summed E-state index contributed by atoms with van der Waals surface area (Å²) in [5, 5.41) is 0. The van der Waals surface area contributed by atoms with Gasteiger partial charge in [-0.1, -0.05) is 52.9 Å². The predicted molar refractivity (Wildman–Crippen MR) is 59.8 cm³/mol. The van der Waals surface area contributed by atoms with Crippen molar-refractivity contribution in [1.29, 1.82) is 0 Å². The fourth-order valence-electron chi connectivity index (χ4n) is 2.52. The van der Waals surface area contributed by atoms with Gasteiger partial charge in [0.2, 0.25) is 0 Å². The van der Waals surface area contributed by atoms with Crippen molar-refractivity contribution >= 4 is 0 Å². The molecule has 0 radical (unpaired) electrons. The van der Waals surface area contributed by atoms with E-state index in [4.69, 9.17) is 0 Å². The van der Waals surface area contributed by atoms with Crippen LogP contribution in [0.15, 0.2) is 0 Å². The molecular formula is C13H26. The summed E-state index contributed by atoms with van der Waals surface area (Å²) in [6.45, 7) is 7.11. The lowest BCUT2D eigenvalue weighted by atomic mass is 9.73. The summed E-state index contributed by atoms with van der Waals surface area (Å²) >= 11 is 0. The molecule has 1 rings (SSSR count). The molecule has 0 amide bonds. The van der Waals surface area contributed by atoms with Crippen LogP contribution in [0.3, 0.4) is 0 Å². The van der Waals surface area contributed by atoms with Gasteiger partial charge in [-0.15, -0.1) is 0 Å². The maximum atomic E-state index is 2.43. The summed E-state index contributed by atoms with van der Waals surface area (Å²) in [5.41, 5.74) is 0. The lowest BCUT2D eigenvalue weighted by molar-refractivity contribution is 0.187. The molecule has 1 aliphatic rings. The fraction of sp³-hybridized carbons (Fsp3) is 1.00. The lowest BCUT2D eigenvalue weighted by Crippen LogP contribution is -2.21. The summed E-state index contributed by atoms with van der Waals surface area (Å²) in [4.78, 5) is 0. The van der Waals surface area contributed by atoms with Crippen molar-refractivity contribution in [3.8, 4) is 0 Å². The van der Waals surface area contributed by atoms with Crippen LogP contribution in [0.1, 0.15) is 65.7 Å². The summed E-state index contributed by atoms with van der Waals surface area (Å²) in [5.74, 6) is 3.12. The lowest BCUT2D eigenvalue weighted by Gasteiger charge is -2.33. The van der Waals surface area contributed by atoms with Crippen LogP contribution >= 0.6 is 0 Å². The highest BCUT2D eigenvalue weighted by atomic mass is 14.3. The molecule has 0 nitrogen and oxygen atoms in total. The molecule has 13 heavy (non-hydrogen) atoms. The Morgan fingerprint density at radius 1 is 1.23 bits per heavy atom. The number of rotatable bonds is 6. The number of unbranched alkanes of at least 4 members (excludes halogenated alkanes) is 1. The summed E-state index contributed by atoms with van der Waals surface area (Å²) in [6.07, 6.45) is 10.3. The van der Waals surface area contributed by atoms with Crippen LogP contribution in [0.5, 0.6) is 0 Å². The molecule has 0 aromatic carbocycles. The minimum Gasteiger partial charge on any atom is -0.0654 e. The van der Waals surface area contributed by atoms with E-state index in [0.717, 1.165) is 17.8 Å². The Kier molecular flexibility index (Phi) is 4.83. The quantitative estimate of drug-likeness (QED) is 0.561. The number of hydrogen-bond donors (Lipinski definition) is 0. The molecule has 0 aromatic heterocycles. The van der Waals surface area contributed by atoms with Crippen LogP contribution in [-0.4, -0.2) is 0 Å². The van der Waals surface area contributed by atoms with Gasteiger partial charge in [-0.25, -0.2) is 0 Å². The van der Waals surface area contributed by atoms with E-state index in [9.17, 15) is 0 Å². The molecule has 78 valence electrons. The van der Waals surface area contributed by atoms with Gasteiger partial charge in [0.15, 0.2) is 0 Å². The molecular weight excluding hydrogens is 156 g/mol. The van der Waals surface area contributed by atoms with Crippen molar-refractivity contribution in [2.45, 2.75) is 65.7 Å². The van der Waals surface area contributed by atoms with Crippen LogP contribution in [0.25, 0.3) is 0 Å². The third-order valence-electron chi connectivity index (χ3n) is 3.59. The van der Waals surface area contributed by atoms with E-state index >= 15 is 0 Å². The SMILES string of the molecule is CCCCC(C)CCC1CC(C)C1. The zero-order valence-corrected chi connectivity index (χ0v) is 9.68. The topological polar surface area (TPSA) is 0 Å². The minimum atomic E-state index is 0.982. The van der Waals surface area contributed by atoms with Crippen molar-refractivity contribution in [1.82, 2.24) is 0 Å². The zero-order valence-electron chi connectivity index (χ0n) is 9.68. The van der Waals surface area contributed by atoms with E-state index in [2.05, 4.69) is 20.8 Å². The Hall–Kier alpha value is 0. The maximum Gasteiger partial charge on any atom is -0.0409 e. The van der Waals surface area contributed by atoms with Gasteiger partial charge in [0, 0.05) is 0 Å². The Balaban J connectivity index is 1.92. The Morgan fingerprint density at radius 2 is 1.92 bits per heavy atom. The van der Waals surface area contributed by atoms with Crippen molar-refractivity contribution in [2.24, 2.45) is 17.8 Å². The van der Waals surface area contributed by atoms with Crippen LogP contribution in [-0.2, 0) is 0 Å². The number of hydrogen-bond acceptors (Lipinski definition) is 0. The van der Waals surface area contributed by atoms with E-state index in [0.29, 0.717) is 0 Å². The Bertz CT molecular complexity index is 122. The second-order valence-electron chi connectivity index (χ2n) is 5.27. The molecule has 1 aliphatic carbocycles. The molecule has 1 atom stereocenters. The van der Waals surface area contributed by atoms with Gasteiger partial charge in [0.05, 0.1) is 0 Å². The predicted octanol–water partition coefficient (Wildman–Crippen LogP) is 4.64. The highest BCUT2D eigenvalue weighted by Crippen LogP contribution is 2.37. The van der Waals surface area contributed by atoms with Crippen molar-refractivity contribution in [3.05, 3.63) is 0 Å². The molecule has 0 aliphatic heterocycles. The second kappa shape index (κ2) is 5.67. The largest absolute Gasteiger partial charge is 0.0654 e. The highest BCUT2D eigenvalue weighted by molar-refractivity contribution is 4.76. The van der Waals surface area contributed by atoms with Crippen LogP contribution in [0.2, 0.25) is 0 Å². The molecule has 0 heterocycles. The zero-order chi connectivity index (χ0) is 9.68. The summed E-state index contributed by atoms with van der Waals surface area (Å²) in [7, 11) is 0. The van der Waals surface area contributed by atoms with Gasteiger partial charge in [-0.05, 0) is 30.6 Å². The Labute approximate surface area is 84.1 Å². The molecule has 0 N–H and O–H groups in total. The van der Waals surface area contributed by atoms with Crippen LogP contribution in [0, 0.1) is 17.8 Å². The van der Waals surface area contributed by atoms with Gasteiger partial charge in [0.25, 0.3) is 0 Å². The van der Waals surface area contributed by atoms with Crippen LogP contribution < -0.4 is 0 Å². The normalized spacial score (nSPS) is 29.8. The first-order valence-corrected chi connectivity index (χ1v) is 6.22. The fourth-order valence-corrected chi connectivity index (χ4v) is 2.52. The van der Waals surface area contributed by atoms with Crippen molar-refractivity contribution in [2.75, 3.05) is 0 Å². The smallest absolute Gasteiger partial charge is 0.0409 e. The van der Waals surface area contributed by atoms with Crippen molar-refractivity contribution < 1.29 is 0 Å².